The number of aromatic nitrogens is 1. The largest absolute Gasteiger partial charge is 0.369 e. The first kappa shape index (κ1) is 11.7. The summed E-state index contributed by atoms with van der Waals surface area (Å²) in [6.45, 7) is 1.88. The highest BCUT2D eigenvalue weighted by molar-refractivity contribution is 5.56. The molecule has 0 saturated heterocycles. The Morgan fingerprint density at radius 1 is 1.00 bits per heavy atom. The molecule has 1 aliphatic heterocycles. The lowest BCUT2D eigenvalue weighted by Crippen LogP contribution is -2.27. The van der Waals surface area contributed by atoms with Gasteiger partial charge in [-0.05, 0) is 36.1 Å². The molecule has 0 spiro atoms. The molecule has 0 fully saturated rings. The monoisotopic (exact) mass is 249 g/mol. The minimum absolute atomic E-state index is 0.522. The Morgan fingerprint density at radius 3 is 2.32 bits per heavy atom. The number of fused-ring (bicyclic) bond motifs is 1. The lowest BCUT2D eigenvalue weighted by molar-refractivity contribution is 0.801. The van der Waals surface area contributed by atoms with Gasteiger partial charge >= 0.3 is 0 Å². The summed E-state index contributed by atoms with van der Waals surface area (Å²) in [6, 6.07) is 14.7. The van der Waals surface area contributed by atoms with Crippen LogP contribution in [-0.4, -0.2) is 18.1 Å². The van der Waals surface area contributed by atoms with Crippen LogP contribution in [0.3, 0.4) is 0 Å². The van der Waals surface area contributed by atoms with Gasteiger partial charge in [0, 0.05) is 19.3 Å². The lowest BCUT2D eigenvalue weighted by atomic mass is 10.0. The Morgan fingerprint density at radius 2 is 1.68 bits per heavy atom. The predicted octanol–water partition coefficient (Wildman–Crippen LogP) is 2.56. The molecule has 0 amide bonds. The Balaban J connectivity index is 1.88. The van der Waals surface area contributed by atoms with E-state index >= 15 is 0 Å². The van der Waals surface area contributed by atoms with Gasteiger partial charge in [0.2, 0.25) is 0 Å². The van der Waals surface area contributed by atoms with Gasteiger partial charge in [-0.3, -0.25) is 0 Å². The molecular formula is C16H15N3. The van der Waals surface area contributed by atoms with Gasteiger partial charge in [-0.2, -0.15) is 5.26 Å². The van der Waals surface area contributed by atoms with E-state index in [9.17, 15) is 0 Å². The van der Waals surface area contributed by atoms with Gasteiger partial charge in [-0.15, -0.1) is 0 Å². The molecule has 2 heterocycles. The van der Waals surface area contributed by atoms with Crippen LogP contribution in [0.4, 0.5) is 5.69 Å². The van der Waals surface area contributed by atoms with Gasteiger partial charge in [0.05, 0.1) is 5.69 Å². The van der Waals surface area contributed by atoms with Crippen molar-refractivity contribution < 1.29 is 0 Å². The normalized spacial score (nSPS) is 14.4. The zero-order valence-corrected chi connectivity index (χ0v) is 10.7. The lowest BCUT2D eigenvalue weighted by Gasteiger charge is -2.22. The maximum Gasteiger partial charge on any atom is 0.163 e. The third-order valence-electron chi connectivity index (χ3n) is 3.65. The maximum atomic E-state index is 9.15. The number of nitrogens with zero attached hydrogens (tertiary/aromatic N) is 3. The first-order chi connectivity index (χ1) is 9.38. The van der Waals surface area contributed by atoms with E-state index in [0.717, 1.165) is 31.6 Å². The van der Waals surface area contributed by atoms with E-state index in [2.05, 4.69) is 40.2 Å². The highest BCUT2D eigenvalue weighted by Crippen LogP contribution is 2.22. The molecule has 2 aromatic rings. The van der Waals surface area contributed by atoms with E-state index < -0.39 is 0 Å². The first-order valence-electron chi connectivity index (χ1n) is 6.55. The standard InChI is InChI=1S/C16H15N3/c17-12-15-16(6-3-9-18-15)19-10-7-13-4-1-2-5-14(13)8-11-19/h1-6,9H,7-8,10-11H2. The molecule has 19 heavy (non-hydrogen) atoms. The highest BCUT2D eigenvalue weighted by Gasteiger charge is 2.16. The molecule has 0 radical (unpaired) electrons. The van der Waals surface area contributed by atoms with E-state index in [0.29, 0.717) is 5.69 Å². The SMILES string of the molecule is N#Cc1ncccc1N1CCc2ccccc2CC1. The van der Waals surface area contributed by atoms with E-state index in [1.807, 2.05) is 12.1 Å². The zero-order valence-electron chi connectivity index (χ0n) is 10.7. The average Bonchev–Trinajstić information content (AvgIpc) is 2.70. The Kier molecular flexibility index (Phi) is 3.16. The molecule has 0 N–H and O–H groups in total. The van der Waals surface area contributed by atoms with E-state index in [1.165, 1.54) is 11.1 Å². The summed E-state index contributed by atoms with van der Waals surface area (Å²) in [5, 5.41) is 9.15. The molecule has 0 bridgehead atoms. The number of hydrogen-bond donors (Lipinski definition) is 0. The van der Waals surface area contributed by atoms with Gasteiger partial charge in [0.25, 0.3) is 0 Å². The van der Waals surface area contributed by atoms with Crippen molar-refractivity contribution in [1.29, 1.82) is 5.26 Å². The van der Waals surface area contributed by atoms with Crippen LogP contribution in [0.15, 0.2) is 42.6 Å². The predicted molar refractivity (Wildman–Crippen MR) is 75.0 cm³/mol. The minimum atomic E-state index is 0.522. The molecule has 3 heteroatoms. The quantitative estimate of drug-likeness (QED) is 0.779. The minimum Gasteiger partial charge on any atom is -0.369 e. The second kappa shape index (κ2) is 5.11. The number of pyridine rings is 1. The average molecular weight is 249 g/mol. The summed E-state index contributed by atoms with van der Waals surface area (Å²) in [4.78, 5) is 6.42. The molecule has 3 nitrogen and oxygen atoms in total. The van der Waals surface area contributed by atoms with Crippen LogP contribution in [0.25, 0.3) is 0 Å². The molecule has 0 saturated carbocycles. The molecular weight excluding hydrogens is 234 g/mol. The third-order valence-corrected chi connectivity index (χ3v) is 3.65. The summed E-state index contributed by atoms with van der Waals surface area (Å²) in [7, 11) is 0. The number of rotatable bonds is 1. The van der Waals surface area contributed by atoms with Crippen molar-refractivity contribution in [2.75, 3.05) is 18.0 Å². The van der Waals surface area contributed by atoms with Crippen molar-refractivity contribution in [2.24, 2.45) is 0 Å². The van der Waals surface area contributed by atoms with Crippen LogP contribution in [-0.2, 0) is 12.8 Å². The van der Waals surface area contributed by atoms with Gasteiger partial charge < -0.3 is 4.90 Å². The highest BCUT2D eigenvalue weighted by atomic mass is 15.1. The van der Waals surface area contributed by atoms with E-state index in [4.69, 9.17) is 5.26 Å². The van der Waals surface area contributed by atoms with Crippen LogP contribution >= 0.6 is 0 Å². The molecule has 1 aliphatic rings. The second-order valence-corrected chi connectivity index (χ2v) is 4.74. The fourth-order valence-corrected chi connectivity index (χ4v) is 2.65. The van der Waals surface area contributed by atoms with Crippen molar-refractivity contribution in [3.05, 3.63) is 59.4 Å². The second-order valence-electron chi connectivity index (χ2n) is 4.74. The van der Waals surface area contributed by atoms with Crippen LogP contribution in [0, 0.1) is 11.3 Å². The molecule has 94 valence electrons. The van der Waals surface area contributed by atoms with Crippen molar-refractivity contribution in [3.63, 3.8) is 0 Å². The molecule has 0 unspecified atom stereocenters. The topological polar surface area (TPSA) is 39.9 Å². The smallest absolute Gasteiger partial charge is 0.163 e. The third kappa shape index (κ3) is 2.30. The van der Waals surface area contributed by atoms with Crippen molar-refractivity contribution >= 4 is 5.69 Å². The van der Waals surface area contributed by atoms with Crippen molar-refractivity contribution in [2.45, 2.75) is 12.8 Å². The fourth-order valence-electron chi connectivity index (χ4n) is 2.65. The molecule has 0 atom stereocenters. The number of hydrogen-bond acceptors (Lipinski definition) is 3. The number of nitriles is 1. The van der Waals surface area contributed by atoms with Crippen LogP contribution in [0.1, 0.15) is 16.8 Å². The van der Waals surface area contributed by atoms with Gasteiger partial charge in [-0.25, -0.2) is 4.98 Å². The van der Waals surface area contributed by atoms with Gasteiger partial charge in [0.1, 0.15) is 6.07 Å². The molecule has 1 aromatic carbocycles. The number of anilines is 1. The van der Waals surface area contributed by atoms with Crippen molar-refractivity contribution in [1.82, 2.24) is 4.98 Å². The number of benzene rings is 1. The Labute approximate surface area is 113 Å². The Bertz CT molecular complexity index is 601. The summed E-state index contributed by atoms with van der Waals surface area (Å²) < 4.78 is 0. The summed E-state index contributed by atoms with van der Waals surface area (Å²) >= 11 is 0. The Hall–Kier alpha value is -2.34. The molecule has 0 aliphatic carbocycles. The van der Waals surface area contributed by atoms with Crippen molar-refractivity contribution in [3.8, 4) is 6.07 Å². The fraction of sp³-hybridized carbons (Fsp3) is 0.250. The maximum absolute atomic E-state index is 9.15. The van der Waals surface area contributed by atoms with E-state index in [1.54, 1.807) is 6.20 Å². The van der Waals surface area contributed by atoms with Crippen LogP contribution in [0.2, 0.25) is 0 Å². The van der Waals surface area contributed by atoms with Gasteiger partial charge in [0.15, 0.2) is 5.69 Å². The summed E-state index contributed by atoms with van der Waals surface area (Å²) in [5.74, 6) is 0. The summed E-state index contributed by atoms with van der Waals surface area (Å²) in [5.41, 5.74) is 4.33. The first-order valence-corrected chi connectivity index (χ1v) is 6.55. The van der Waals surface area contributed by atoms with Crippen LogP contribution in [0.5, 0.6) is 0 Å². The molecule has 1 aromatic heterocycles. The van der Waals surface area contributed by atoms with Gasteiger partial charge in [-0.1, -0.05) is 24.3 Å². The molecule has 3 rings (SSSR count). The van der Waals surface area contributed by atoms with E-state index in [-0.39, 0.29) is 0 Å². The van der Waals surface area contributed by atoms with Crippen LogP contribution < -0.4 is 4.90 Å². The summed E-state index contributed by atoms with van der Waals surface area (Å²) in [6.07, 6.45) is 3.72. The zero-order chi connectivity index (χ0) is 13.1.